The van der Waals surface area contributed by atoms with Crippen molar-refractivity contribution in [2.45, 2.75) is 26.4 Å². The normalized spacial score (nSPS) is 12.5. The van der Waals surface area contributed by atoms with Gasteiger partial charge in [-0.15, -0.1) is 0 Å². The minimum atomic E-state index is -0.554. The van der Waals surface area contributed by atoms with Crippen molar-refractivity contribution in [3.05, 3.63) is 53.6 Å². The molecule has 7 heteroatoms. The summed E-state index contributed by atoms with van der Waals surface area (Å²) in [6, 6.07) is 10.9. The number of para-hydroxylation sites is 1. The van der Waals surface area contributed by atoms with Gasteiger partial charge < -0.3 is 20.1 Å². The molecule has 0 fully saturated rings. The highest BCUT2D eigenvalue weighted by Gasteiger charge is 2.11. The molecule has 4 N–H and O–H groups in total. The average molecular weight is 358 g/mol. The van der Waals surface area contributed by atoms with E-state index in [0.717, 1.165) is 6.07 Å². The number of aliphatic hydroxyl groups is 1. The van der Waals surface area contributed by atoms with Crippen molar-refractivity contribution < 1.29 is 24.9 Å². The topological polar surface area (TPSA) is 111 Å². The smallest absolute Gasteiger partial charge is 0.271 e. The van der Waals surface area contributed by atoms with Gasteiger partial charge in [-0.3, -0.25) is 4.79 Å². The second-order valence-electron chi connectivity index (χ2n) is 5.71. The van der Waals surface area contributed by atoms with Gasteiger partial charge >= 0.3 is 0 Å². The van der Waals surface area contributed by atoms with Crippen LogP contribution in [0.4, 0.5) is 0 Å². The molecule has 0 aliphatic rings. The van der Waals surface area contributed by atoms with Crippen LogP contribution in [0.3, 0.4) is 0 Å². The summed E-state index contributed by atoms with van der Waals surface area (Å²) in [6.45, 7) is 3.75. The zero-order valence-electron chi connectivity index (χ0n) is 14.6. The average Bonchev–Trinajstić information content (AvgIpc) is 2.66. The lowest BCUT2D eigenvalue weighted by atomic mass is 10.1. The first kappa shape index (κ1) is 19.3. The summed E-state index contributed by atoms with van der Waals surface area (Å²) in [5.41, 5.74) is 3.76. The molecular formula is C19H22N2O5. The monoisotopic (exact) mass is 358 g/mol. The number of aliphatic hydroxyl groups excluding tert-OH is 1. The summed E-state index contributed by atoms with van der Waals surface area (Å²) in [7, 11) is 0. The molecule has 1 atom stereocenters. The van der Waals surface area contributed by atoms with Crippen molar-refractivity contribution in [2.75, 3.05) is 6.61 Å². The van der Waals surface area contributed by atoms with Gasteiger partial charge in [0.05, 0.1) is 11.8 Å². The van der Waals surface area contributed by atoms with Crippen LogP contribution in [0.2, 0.25) is 0 Å². The van der Waals surface area contributed by atoms with E-state index in [1.807, 2.05) is 19.1 Å². The van der Waals surface area contributed by atoms with Crippen LogP contribution in [0.1, 0.15) is 36.2 Å². The number of aromatic hydroxyl groups is 2. The molecule has 0 saturated heterocycles. The maximum atomic E-state index is 12.1. The summed E-state index contributed by atoms with van der Waals surface area (Å²) in [5, 5.41) is 32.5. The van der Waals surface area contributed by atoms with Gasteiger partial charge in [-0.1, -0.05) is 19.1 Å². The van der Waals surface area contributed by atoms with Crippen molar-refractivity contribution >= 4 is 11.6 Å². The van der Waals surface area contributed by atoms with E-state index < -0.39 is 12.0 Å². The molecule has 2 aromatic carbocycles. The third-order valence-corrected chi connectivity index (χ3v) is 3.74. The Labute approximate surface area is 151 Å². The van der Waals surface area contributed by atoms with E-state index in [1.165, 1.54) is 12.1 Å². The number of phenolic OH excluding ortho intramolecular Hbond substituents is 2. The lowest BCUT2D eigenvalue weighted by Crippen LogP contribution is -2.20. The highest BCUT2D eigenvalue weighted by atomic mass is 16.5. The number of rotatable bonds is 7. The fourth-order valence-corrected chi connectivity index (χ4v) is 2.12. The largest absolute Gasteiger partial charge is 0.504 e. The second kappa shape index (κ2) is 8.87. The van der Waals surface area contributed by atoms with E-state index in [-0.39, 0.29) is 23.7 Å². The fraction of sp³-hybridized carbons (Fsp3) is 0.263. The van der Waals surface area contributed by atoms with Gasteiger partial charge in [0.1, 0.15) is 12.4 Å². The molecule has 2 rings (SSSR count). The van der Waals surface area contributed by atoms with Crippen molar-refractivity contribution in [1.29, 1.82) is 0 Å². The van der Waals surface area contributed by atoms with Crippen molar-refractivity contribution in [2.24, 2.45) is 5.10 Å². The van der Waals surface area contributed by atoms with Gasteiger partial charge in [0.15, 0.2) is 11.5 Å². The summed E-state index contributed by atoms with van der Waals surface area (Å²) in [6.07, 6.45) is 0.0345. The zero-order valence-corrected chi connectivity index (χ0v) is 14.6. The first-order chi connectivity index (χ1) is 12.4. The first-order valence-electron chi connectivity index (χ1n) is 8.19. The number of ether oxygens (including phenoxy) is 1. The van der Waals surface area contributed by atoms with Crippen LogP contribution in [0.15, 0.2) is 47.6 Å². The van der Waals surface area contributed by atoms with E-state index in [0.29, 0.717) is 23.4 Å². The van der Waals surface area contributed by atoms with Crippen LogP contribution in [-0.2, 0) is 0 Å². The number of carbonyl (C=O) groups is 1. The van der Waals surface area contributed by atoms with Gasteiger partial charge in [-0.05, 0) is 43.7 Å². The predicted molar refractivity (Wildman–Crippen MR) is 97.7 cm³/mol. The van der Waals surface area contributed by atoms with Gasteiger partial charge in [0.25, 0.3) is 5.91 Å². The van der Waals surface area contributed by atoms with Crippen LogP contribution in [-0.4, -0.2) is 39.6 Å². The Morgan fingerprint density at radius 1 is 1.19 bits per heavy atom. The van der Waals surface area contributed by atoms with E-state index >= 15 is 0 Å². The van der Waals surface area contributed by atoms with Crippen molar-refractivity contribution in [3.8, 4) is 17.2 Å². The molecule has 0 aliphatic carbocycles. The molecule has 2 aromatic rings. The van der Waals surface area contributed by atoms with Crippen molar-refractivity contribution in [3.63, 3.8) is 0 Å². The number of hydrazone groups is 1. The molecule has 7 nitrogen and oxygen atoms in total. The van der Waals surface area contributed by atoms with Crippen LogP contribution < -0.4 is 10.2 Å². The summed E-state index contributed by atoms with van der Waals surface area (Å²) >= 11 is 0. The maximum absolute atomic E-state index is 12.1. The minimum absolute atomic E-state index is 0.160. The van der Waals surface area contributed by atoms with Crippen LogP contribution in [0, 0.1) is 0 Å². The number of hydrogen-bond acceptors (Lipinski definition) is 6. The van der Waals surface area contributed by atoms with Gasteiger partial charge in [-0.2, -0.15) is 5.10 Å². The molecule has 0 saturated carbocycles. The number of benzene rings is 2. The lowest BCUT2D eigenvalue weighted by Gasteiger charge is -2.13. The summed E-state index contributed by atoms with van der Waals surface area (Å²) < 4.78 is 5.63. The summed E-state index contributed by atoms with van der Waals surface area (Å²) in [5.74, 6) is -0.662. The van der Waals surface area contributed by atoms with Crippen molar-refractivity contribution in [1.82, 2.24) is 5.43 Å². The molecule has 26 heavy (non-hydrogen) atoms. The van der Waals surface area contributed by atoms with E-state index in [4.69, 9.17) is 4.74 Å². The molecule has 0 spiro atoms. The van der Waals surface area contributed by atoms with E-state index in [1.54, 1.807) is 19.1 Å². The number of amides is 1. The van der Waals surface area contributed by atoms with Gasteiger partial charge in [0, 0.05) is 11.1 Å². The molecule has 1 amide bonds. The van der Waals surface area contributed by atoms with Crippen LogP contribution in [0.25, 0.3) is 0 Å². The number of carbonyl (C=O) groups excluding carboxylic acids is 1. The van der Waals surface area contributed by atoms with E-state index in [2.05, 4.69) is 10.5 Å². The zero-order chi connectivity index (χ0) is 19.1. The number of hydrogen-bond donors (Lipinski definition) is 4. The number of nitrogens with zero attached hydrogens (tertiary/aromatic N) is 1. The number of phenols is 2. The molecule has 0 heterocycles. The van der Waals surface area contributed by atoms with Crippen LogP contribution in [0.5, 0.6) is 17.2 Å². The SMILES string of the molecule is CCC(O)COc1ccccc1/C(C)=N\NC(=O)c1ccc(O)c(O)c1. The Kier molecular flexibility index (Phi) is 6.57. The Morgan fingerprint density at radius 2 is 1.92 bits per heavy atom. The molecule has 0 aromatic heterocycles. The fourth-order valence-electron chi connectivity index (χ4n) is 2.12. The predicted octanol–water partition coefficient (Wildman–Crippen LogP) is 2.40. The Bertz CT molecular complexity index is 804. The quantitative estimate of drug-likeness (QED) is 0.345. The number of nitrogens with one attached hydrogen (secondary N) is 1. The first-order valence-corrected chi connectivity index (χ1v) is 8.19. The second-order valence-corrected chi connectivity index (χ2v) is 5.71. The Balaban J connectivity index is 2.11. The standard InChI is InChI=1S/C19H22N2O5/c1-3-14(22)11-26-18-7-5-4-6-15(18)12(2)20-21-19(25)13-8-9-16(23)17(24)10-13/h4-10,14,22-24H,3,11H2,1-2H3,(H,21,25)/b20-12-. The molecule has 0 radical (unpaired) electrons. The minimum Gasteiger partial charge on any atom is -0.504 e. The van der Waals surface area contributed by atoms with E-state index in [9.17, 15) is 20.1 Å². The molecule has 0 aliphatic heterocycles. The van der Waals surface area contributed by atoms with Crippen LogP contribution >= 0.6 is 0 Å². The van der Waals surface area contributed by atoms with Gasteiger partial charge in [0.2, 0.25) is 0 Å². The maximum Gasteiger partial charge on any atom is 0.271 e. The van der Waals surface area contributed by atoms with Gasteiger partial charge in [-0.25, -0.2) is 5.43 Å². The molecule has 138 valence electrons. The third-order valence-electron chi connectivity index (χ3n) is 3.74. The lowest BCUT2D eigenvalue weighted by molar-refractivity contribution is 0.0954. The highest BCUT2D eigenvalue weighted by molar-refractivity contribution is 6.02. The third kappa shape index (κ3) is 4.97. The molecule has 0 bridgehead atoms. The Morgan fingerprint density at radius 3 is 2.62 bits per heavy atom. The Hall–Kier alpha value is -3.06. The highest BCUT2D eigenvalue weighted by Crippen LogP contribution is 2.24. The molecule has 1 unspecified atom stereocenters. The molecular weight excluding hydrogens is 336 g/mol. The summed E-state index contributed by atoms with van der Waals surface area (Å²) in [4.78, 5) is 12.1.